The Labute approximate surface area is 246 Å². The van der Waals surface area contributed by atoms with Crippen molar-refractivity contribution in [2.24, 2.45) is 5.92 Å². The molecule has 2 aromatic heterocycles. The van der Waals surface area contributed by atoms with Crippen LogP contribution in [0, 0.1) is 5.92 Å². The van der Waals surface area contributed by atoms with Gasteiger partial charge in [0.1, 0.15) is 11.4 Å². The molecular formula is C34H27N5O4. The van der Waals surface area contributed by atoms with Crippen LogP contribution in [0.3, 0.4) is 0 Å². The lowest BCUT2D eigenvalue weighted by Crippen LogP contribution is -2.33. The Balaban J connectivity index is 1.02. The molecule has 1 spiro atoms. The lowest BCUT2D eigenvalue weighted by Gasteiger charge is -2.29. The van der Waals surface area contributed by atoms with Gasteiger partial charge in [0.05, 0.1) is 0 Å². The molecule has 3 amide bonds. The summed E-state index contributed by atoms with van der Waals surface area (Å²) in [4.78, 5) is 59.6. The van der Waals surface area contributed by atoms with Crippen LogP contribution in [0.5, 0.6) is 0 Å². The van der Waals surface area contributed by atoms with Gasteiger partial charge in [0, 0.05) is 68.9 Å². The quantitative estimate of drug-likeness (QED) is 0.215. The number of fused-ring (bicyclic) bond motifs is 3. The standard InChI is InChI=1S/C34H27N5O4/c1-2-31(41)35-21-7-9-25-18(11-21)13-27(37-25)32(42)36-22-8-10-26-19(12-22)14-28(38-26)33(43)39-17-20-16-34(20)24-6-4-3-5-23(24)29(40)15-30(34)39/h3-15,20,37-38H,2,16-17H2,1H3,(H,35,41)(H,36,42). The second kappa shape index (κ2) is 9.03. The number of aromatic nitrogens is 2. The van der Waals surface area contributed by atoms with Gasteiger partial charge in [-0.3, -0.25) is 19.2 Å². The van der Waals surface area contributed by atoms with E-state index in [4.69, 9.17) is 0 Å². The predicted octanol–water partition coefficient (Wildman–Crippen LogP) is 5.74. The minimum Gasteiger partial charge on any atom is -0.351 e. The van der Waals surface area contributed by atoms with Gasteiger partial charge in [0.25, 0.3) is 11.8 Å². The van der Waals surface area contributed by atoms with E-state index in [1.165, 1.54) is 0 Å². The van der Waals surface area contributed by atoms with Crippen LogP contribution in [0.15, 0.2) is 84.6 Å². The third kappa shape index (κ3) is 3.85. The summed E-state index contributed by atoms with van der Waals surface area (Å²) < 4.78 is 0. The number of nitrogens with one attached hydrogen (secondary N) is 4. The molecule has 2 unspecified atom stereocenters. The van der Waals surface area contributed by atoms with Crippen LogP contribution in [0.2, 0.25) is 0 Å². The van der Waals surface area contributed by atoms with Crippen LogP contribution < -0.4 is 10.6 Å². The van der Waals surface area contributed by atoms with E-state index in [1.54, 1.807) is 42.2 Å². The molecule has 3 heterocycles. The molecule has 2 fully saturated rings. The third-order valence-corrected chi connectivity index (χ3v) is 9.02. The molecule has 0 bridgehead atoms. The molecule has 1 aliphatic heterocycles. The highest BCUT2D eigenvalue weighted by atomic mass is 16.2. The van der Waals surface area contributed by atoms with Crippen molar-refractivity contribution in [2.75, 3.05) is 17.2 Å². The number of likely N-dealkylation sites (tertiary alicyclic amines) is 1. The van der Waals surface area contributed by atoms with Gasteiger partial charge in [-0.1, -0.05) is 31.2 Å². The molecule has 1 saturated heterocycles. The summed E-state index contributed by atoms with van der Waals surface area (Å²) in [5, 5.41) is 7.35. The number of ketones is 1. The molecule has 212 valence electrons. The van der Waals surface area contributed by atoms with Crippen LogP contribution in [0.1, 0.15) is 56.7 Å². The summed E-state index contributed by atoms with van der Waals surface area (Å²) in [5.41, 5.74) is 5.97. The molecule has 3 aliphatic rings. The first-order valence-electron chi connectivity index (χ1n) is 14.4. The topological polar surface area (TPSA) is 127 Å². The van der Waals surface area contributed by atoms with E-state index < -0.39 is 0 Å². The molecule has 2 aliphatic carbocycles. The molecule has 9 heteroatoms. The molecule has 5 aromatic rings. The number of piperidine rings is 1. The number of carbonyl (C=O) groups excluding carboxylic acids is 4. The maximum Gasteiger partial charge on any atom is 0.274 e. The number of anilines is 2. The predicted molar refractivity (Wildman–Crippen MR) is 163 cm³/mol. The smallest absolute Gasteiger partial charge is 0.274 e. The van der Waals surface area contributed by atoms with Crippen molar-refractivity contribution in [1.82, 2.24) is 14.9 Å². The minimum atomic E-state index is -0.308. The third-order valence-electron chi connectivity index (χ3n) is 9.02. The van der Waals surface area contributed by atoms with E-state index >= 15 is 0 Å². The maximum atomic E-state index is 13.7. The summed E-state index contributed by atoms with van der Waals surface area (Å²) >= 11 is 0. The van der Waals surface area contributed by atoms with E-state index in [0.717, 1.165) is 45.1 Å². The highest BCUT2D eigenvalue weighted by Gasteiger charge is 2.67. The monoisotopic (exact) mass is 569 g/mol. The molecule has 8 rings (SSSR count). The van der Waals surface area contributed by atoms with Gasteiger partial charge >= 0.3 is 0 Å². The van der Waals surface area contributed by atoms with Crippen molar-refractivity contribution < 1.29 is 19.2 Å². The Morgan fingerprint density at radius 1 is 0.884 bits per heavy atom. The van der Waals surface area contributed by atoms with Gasteiger partial charge in [-0.2, -0.15) is 0 Å². The van der Waals surface area contributed by atoms with Crippen LogP contribution in [-0.2, 0) is 10.2 Å². The van der Waals surface area contributed by atoms with E-state index in [9.17, 15) is 19.2 Å². The van der Waals surface area contributed by atoms with Crippen molar-refractivity contribution in [3.63, 3.8) is 0 Å². The van der Waals surface area contributed by atoms with Crippen molar-refractivity contribution in [1.29, 1.82) is 0 Å². The van der Waals surface area contributed by atoms with Gasteiger partial charge < -0.3 is 25.5 Å². The van der Waals surface area contributed by atoms with Gasteiger partial charge in [0.15, 0.2) is 5.78 Å². The molecule has 4 N–H and O–H groups in total. The molecule has 43 heavy (non-hydrogen) atoms. The number of hydrogen-bond acceptors (Lipinski definition) is 4. The summed E-state index contributed by atoms with van der Waals surface area (Å²) in [6, 6.07) is 22.1. The van der Waals surface area contributed by atoms with Gasteiger partial charge in [-0.05, 0) is 66.4 Å². The Bertz CT molecular complexity index is 2080. The highest BCUT2D eigenvalue weighted by Crippen LogP contribution is 2.66. The number of benzene rings is 3. The fourth-order valence-corrected chi connectivity index (χ4v) is 6.83. The van der Waals surface area contributed by atoms with Crippen molar-refractivity contribution in [2.45, 2.75) is 25.2 Å². The van der Waals surface area contributed by atoms with Gasteiger partial charge in [0.2, 0.25) is 5.91 Å². The fraction of sp³-hybridized carbons (Fsp3) is 0.176. The van der Waals surface area contributed by atoms with E-state index in [0.29, 0.717) is 41.6 Å². The van der Waals surface area contributed by atoms with Crippen LogP contribution in [-0.4, -0.2) is 44.9 Å². The Morgan fingerprint density at radius 3 is 2.30 bits per heavy atom. The summed E-state index contributed by atoms with van der Waals surface area (Å²) in [6.07, 6.45) is 2.98. The number of nitrogens with zero attached hydrogens (tertiary/aromatic N) is 1. The van der Waals surface area contributed by atoms with Crippen LogP contribution in [0.25, 0.3) is 21.8 Å². The van der Waals surface area contributed by atoms with Crippen LogP contribution >= 0.6 is 0 Å². The maximum absolute atomic E-state index is 13.7. The molecule has 2 atom stereocenters. The first-order valence-corrected chi connectivity index (χ1v) is 14.4. The zero-order chi connectivity index (χ0) is 29.5. The number of rotatable bonds is 5. The molecule has 3 aromatic carbocycles. The normalized spacial score (nSPS) is 19.9. The SMILES string of the molecule is CCC(=O)Nc1ccc2[nH]c(C(=O)Nc3ccc4[nH]c(C(=O)N5CC6CC67C5=CC(=O)c5ccccc57)cc4c3)cc2c1. The van der Waals surface area contributed by atoms with Gasteiger partial charge in [-0.25, -0.2) is 0 Å². The summed E-state index contributed by atoms with van der Waals surface area (Å²) in [7, 11) is 0. The highest BCUT2D eigenvalue weighted by molar-refractivity contribution is 6.10. The van der Waals surface area contributed by atoms with Crippen molar-refractivity contribution >= 4 is 56.7 Å². The number of hydrogen-bond donors (Lipinski definition) is 4. The Morgan fingerprint density at radius 2 is 1.56 bits per heavy atom. The van der Waals surface area contributed by atoms with Crippen LogP contribution in [0.4, 0.5) is 11.4 Å². The lowest BCUT2D eigenvalue weighted by molar-refractivity contribution is -0.115. The largest absolute Gasteiger partial charge is 0.351 e. The number of carbonyl (C=O) groups is 4. The molecule has 0 radical (unpaired) electrons. The number of aromatic amines is 2. The second-order valence-corrected chi connectivity index (χ2v) is 11.6. The molecular weight excluding hydrogens is 542 g/mol. The molecule has 9 nitrogen and oxygen atoms in total. The number of allylic oxidation sites excluding steroid dienone is 2. The van der Waals surface area contributed by atoms with Gasteiger partial charge in [-0.15, -0.1) is 0 Å². The average Bonchev–Trinajstić information content (AvgIpc) is 3.30. The zero-order valence-electron chi connectivity index (χ0n) is 23.3. The summed E-state index contributed by atoms with van der Waals surface area (Å²) in [5.74, 6) is -0.297. The number of H-pyrrole nitrogens is 2. The Hall–Kier alpha value is -5.44. The van der Waals surface area contributed by atoms with Crippen molar-refractivity contribution in [3.8, 4) is 0 Å². The first-order chi connectivity index (χ1) is 20.8. The van der Waals surface area contributed by atoms with E-state index in [2.05, 4.69) is 20.6 Å². The zero-order valence-corrected chi connectivity index (χ0v) is 23.3. The molecule has 1 saturated carbocycles. The van der Waals surface area contributed by atoms with E-state index in [-0.39, 0.29) is 28.9 Å². The fourth-order valence-electron chi connectivity index (χ4n) is 6.83. The first kappa shape index (κ1) is 25.3. The number of amides is 3. The van der Waals surface area contributed by atoms with Crippen molar-refractivity contribution in [3.05, 3.63) is 107 Å². The summed E-state index contributed by atoms with van der Waals surface area (Å²) in [6.45, 7) is 2.37. The minimum absolute atomic E-state index is 0.0581. The average molecular weight is 570 g/mol. The second-order valence-electron chi connectivity index (χ2n) is 11.6. The van der Waals surface area contributed by atoms with E-state index in [1.807, 2.05) is 48.5 Å². The lowest BCUT2D eigenvalue weighted by atomic mass is 9.81. The Kier molecular flexibility index (Phi) is 5.31.